The molecule has 1 aromatic rings. The minimum Gasteiger partial charge on any atom is -0.324 e. The van der Waals surface area contributed by atoms with Gasteiger partial charge in [-0.3, -0.25) is 0 Å². The third kappa shape index (κ3) is 2.81. The van der Waals surface area contributed by atoms with Gasteiger partial charge in [0.15, 0.2) is 0 Å². The van der Waals surface area contributed by atoms with Crippen LogP contribution in [0.5, 0.6) is 0 Å². The minimum atomic E-state index is 0.201. The Labute approximate surface area is 105 Å². The van der Waals surface area contributed by atoms with E-state index in [0.29, 0.717) is 0 Å². The molecule has 1 aromatic heterocycles. The number of nitrogens with two attached hydrogens (primary N) is 1. The Hall–Kier alpha value is 0.620. The number of thiophene rings is 1. The Morgan fingerprint density at radius 3 is 2.71 bits per heavy atom. The second-order valence-corrected chi connectivity index (χ2v) is 7.66. The van der Waals surface area contributed by atoms with Gasteiger partial charge in [-0.05, 0) is 62.2 Å². The van der Waals surface area contributed by atoms with E-state index in [4.69, 9.17) is 5.73 Å². The molecule has 0 radical (unpaired) electrons. The summed E-state index contributed by atoms with van der Waals surface area (Å²) in [5.41, 5.74) is 7.39. The molecule has 1 nitrogen and oxygen atoms in total. The van der Waals surface area contributed by atoms with Gasteiger partial charge in [0.25, 0.3) is 0 Å². The predicted molar refractivity (Wildman–Crippen MR) is 68.6 cm³/mol. The SMILES string of the molecule is NC(CCC1CC1)c1cc(Br)sc1Br. The summed E-state index contributed by atoms with van der Waals surface area (Å²) in [5, 5.41) is 0. The van der Waals surface area contributed by atoms with Crippen molar-refractivity contribution >= 4 is 43.2 Å². The molecular formula is C10H13Br2NS. The zero-order valence-corrected chi connectivity index (χ0v) is 11.8. The van der Waals surface area contributed by atoms with E-state index >= 15 is 0 Å². The molecule has 4 heteroatoms. The van der Waals surface area contributed by atoms with Crippen LogP contribution in [0, 0.1) is 5.92 Å². The van der Waals surface area contributed by atoms with Crippen molar-refractivity contribution in [3.8, 4) is 0 Å². The number of rotatable bonds is 4. The molecule has 1 fully saturated rings. The molecule has 1 aliphatic rings. The smallest absolute Gasteiger partial charge is 0.0758 e. The molecule has 0 spiro atoms. The van der Waals surface area contributed by atoms with Crippen LogP contribution in [0.25, 0.3) is 0 Å². The Bertz CT molecular complexity index is 320. The molecule has 0 saturated heterocycles. The molecule has 0 bridgehead atoms. The summed E-state index contributed by atoms with van der Waals surface area (Å²) in [4.78, 5) is 0. The molecule has 0 aliphatic heterocycles. The zero-order chi connectivity index (χ0) is 10.1. The van der Waals surface area contributed by atoms with Crippen LogP contribution in [-0.4, -0.2) is 0 Å². The average Bonchev–Trinajstić information content (AvgIpc) is 2.88. The van der Waals surface area contributed by atoms with Gasteiger partial charge in [-0.25, -0.2) is 0 Å². The molecule has 1 heterocycles. The quantitative estimate of drug-likeness (QED) is 0.861. The molecule has 1 atom stereocenters. The Morgan fingerprint density at radius 2 is 2.21 bits per heavy atom. The van der Waals surface area contributed by atoms with E-state index in [1.54, 1.807) is 11.3 Å². The molecule has 1 unspecified atom stereocenters. The topological polar surface area (TPSA) is 26.0 Å². The van der Waals surface area contributed by atoms with Crippen LogP contribution >= 0.6 is 43.2 Å². The van der Waals surface area contributed by atoms with Crippen molar-refractivity contribution in [1.82, 2.24) is 0 Å². The van der Waals surface area contributed by atoms with Crippen LogP contribution in [0.3, 0.4) is 0 Å². The first-order valence-corrected chi connectivity index (χ1v) is 7.27. The summed E-state index contributed by atoms with van der Waals surface area (Å²) >= 11 is 8.73. The highest BCUT2D eigenvalue weighted by atomic mass is 79.9. The highest BCUT2D eigenvalue weighted by Crippen LogP contribution is 2.39. The van der Waals surface area contributed by atoms with Gasteiger partial charge in [-0.1, -0.05) is 12.8 Å². The van der Waals surface area contributed by atoms with E-state index in [1.165, 1.54) is 28.6 Å². The number of hydrogen-bond donors (Lipinski definition) is 1. The lowest BCUT2D eigenvalue weighted by molar-refractivity contribution is 0.575. The fourth-order valence-electron chi connectivity index (χ4n) is 1.58. The van der Waals surface area contributed by atoms with Crippen molar-refractivity contribution < 1.29 is 0 Å². The van der Waals surface area contributed by atoms with E-state index in [2.05, 4.69) is 37.9 Å². The predicted octanol–water partition coefficient (Wildman–Crippen LogP) is 4.46. The molecule has 0 amide bonds. The molecule has 1 saturated carbocycles. The first kappa shape index (κ1) is 11.1. The van der Waals surface area contributed by atoms with Crippen LogP contribution in [0.4, 0.5) is 0 Å². The van der Waals surface area contributed by atoms with Crippen LogP contribution in [0.2, 0.25) is 0 Å². The third-order valence-corrected chi connectivity index (χ3v) is 5.05. The summed E-state index contributed by atoms with van der Waals surface area (Å²) in [7, 11) is 0. The highest BCUT2D eigenvalue weighted by Gasteiger charge is 2.22. The average molecular weight is 339 g/mol. The normalized spacial score (nSPS) is 18.5. The molecule has 0 aromatic carbocycles. The first-order valence-electron chi connectivity index (χ1n) is 4.87. The van der Waals surface area contributed by atoms with Gasteiger partial charge in [0.2, 0.25) is 0 Å². The van der Waals surface area contributed by atoms with E-state index in [0.717, 1.165) is 16.1 Å². The van der Waals surface area contributed by atoms with Crippen molar-refractivity contribution in [2.24, 2.45) is 11.7 Å². The van der Waals surface area contributed by atoms with Gasteiger partial charge >= 0.3 is 0 Å². The Balaban J connectivity index is 1.94. The summed E-state index contributed by atoms with van der Waals surface area (Å²) in [6, 6.07) is 2.33. The van der Waals surface area contributed by atoms with E-state index in [9.17, 15) is 0 Å². The van der Waals surface area contributed by atoms with Crippen LogP contribution in [0.15, 0.2) is 13.6 Å². The second kappa shape index (κ2) is 4.64. The molecule has 2 N–H and O–H groups in total. The van der Waals surface area contributed by atoms with Crippen LogP contribution in [0.1, 0.15) is 37.3 Å². The lowest BCUT2D eigenvalue weighted by Crippen LogP contribution is -2.09. The first-order chi connectivity index (χ1) is 6.66. The fraction of sp³-hybridized carbons (Fsp3) is 0.600. The summed E-state index contributed by atoms with van der Waals surface area (Å²) in [6.07, 6.45) is 5.25. The zero-order valence-electron chi connectivity index (χ0n) is 7.80. The molecule has 1 aliphatic carbocycles. The molecule has 2 rings (SSSR count). The largest absolute Gasteiger partial charge is 0.324 e. The maximum atomic E-state index is 6.14. The molecule has 78 valence electrons. The van der Waals surface area contributed by atoms with Crippen molar-refractivity contribution in [3.63, 3.8) is 0 Å². The molecular weight excluding hydrogens is 326 g/mol. The van der Waals surface area contributed by atoms with Crippen molar-refractivity contribution in [1.29, 1.82) is 0 Å². The highest BCUT2D eigenvalue weighted by molar-refractivity contribution is 9.12. The van der Waals surface area contributed by atoms with E-state index in [-0.39, 0.29) is 6.04 Å². The molecule has 14 heavy (non-hydrogen) atoms. The van der Waals surface area contributed by atoms with Gasteiger partial charge in [-0.2, -0.15) is 0 Å². The fourth-order valence-corrected chi connectivity index (χ4v) is 4.58. The van der Waals surface area contributed by atoms with Gasteiger partial charge in [-0.15, -0.1) is 11.3 Å². The summed E-state index contributed by atoms with van der Waals surface area (Å²) in [5.74, 6) is 0.974. The minimum absolute atomic E-state index is 0.201. The van der Waals surface area contributed by atoms with Gasteiger partial charge in [0, 0.05) is 6.04 Å². The van der Waals surface area contributed by atoms with Crippen molar-refractivity contribution in [3.05, 3.63) is 19.2 Å². The van der Waals surface area contributed by atoms with Crippen LogP contribution < -0.4 is 5.73 Å². The monoisotopic (exact) mass is 337 g/mol. The Morgan fingerprint density at radius 1 is 1.50 bits per heavy atom. The van der Waals surface area contributed by atoms with Gasteiger partial charge < -0.3 is 5.73 Å². The lowest BCUT2D eigenvalue weighted by atomic mass is 10.0. The van der Waals surface area contributed by atoms with Crippen molar-refractivity contribution in [2.75, 3.05) is 0 Å². The lowest BCUT2D eigenvalue weighted by Gasteiger charge is -2.09. The van der Waals surface area contributed by atoms with E-state index in [1.807, 2.05) is 0 Å². The number of halogens is 2. The third-order valence-electron chi connectivity index (χ3n) is 2.67. The maximum Gasteiger partial charge on any atom is 0.0758 e. The van der Waals surface area contributed by atoms with E-state index < -0.39 is 0 Å². The maximum absolute atomic E-state index is 6.14. The summed E-state index contributed by atoms with van der Waals surface area (Å²) < 4.78 is 2.33. The Kier molecular flexibility index (Phi) is 3.68. The number of hydrogen-bond acceptors (Lipinski definition) is 2. The standard InChI is InChI=1S/C10H13Br2NS/c11-9-5-7(10(12)14-9)8(13)4-3-6-1-2-6/h5-6,8H,1-4,13H2. The van der Waals surface area contributed by atoms with Gasteiger partial charge in [0.05, 0.1) is 7.57 Å². The van der Waals surface area contributed by atoms with Gasteiger partial charge in [0.1, 0.15) is 0 Å². The van der Waals surface area contributed by atoms with Crippen molar-refractivity contribution in [2.45, 2.75) is 31.7 Å². The summed E-state index contributed by atoms with van der Waals surface area (Å²) in [6.45, 7) is 0. The second-order valence-electron chi connectivity index (χ2n) is 3.91. The van der Waals surface area contributed by atoms with Crippen LogP contribution in [-0.2, 0) is 0 Å².